The van der Waals surface area contributed by atoms with E-state index < -0.39 is 5.97 Å². The average Bonchev–Trinajstić information content (AvgIpc) is 2.44. The predicted octanol–water partition coefficient (Wildman–Crippen LogP) is 1.02. The van der Waals surface area contributed by atoms with Crippen molar-refractivity contribution < 1.29 is 19.8 Å². The highest BCUT2D eigenvalue weighted by molar-refractivity contribution is 5.94. The standard InChI is InChI=1S/C14H18N2O4/c1-2-5-16(6-7-17)14(20)12-8-11(9-15-10-12)3-4-13(18)19/h3-4,8-10,17H,2,5-7H2,1H3,(H,18,19). The van der Waals surface area contributed by atoms with Crippen LogP contribution in [0.1, 0.15) is 29.3 Å². The highest BCUT2D eigenvalue weighted by Gasteiger charge is 2.14. The number of rotatable bonds is 7. The number of amides is 1. The van der Waals surface area contributed by atoms with Crippen LogP contribution in [0.15, 0.2) is 24.5 Å². The Labute approximate surface area is 117 Å². The van der Waals surface area contributed by atoms with Gasteiger partial charge in [0.05, 0.1) is 12.2 Å². The zero-order valence-electron chi connectivity index (χ0n) is 11.3. The van der Waals surface area contributed by atoms with Gasteiger partial charge in [-0.25, -0.2) is 4.79 Å². The van der Waals surface area contributed by atoms with Crippen LogP contribution in [-0.4, -0.2) is 51.7 Å². The molecule has 20 heavy (non-hydrogen) atoms. The Balaban J connectivity index is 2.91. The van der Waals surface area contributed by atoms with Crippen LogP contribution in [0.25, 0.3) is 6.08 Å². The van der Waals surface area contributed by atoms with Crippen molar-refractivity contribution in [3.63, 3.8) is 0 Å². The fraction of sp³-hybridized carbons (Fsp3) is 0.357. The predicted molar refractivity (Wildman–Crippen MR) is 74.2 cm³/mol. The third-order valence-electron chi connectivity index (χ3n) is 2.58. The fourth-order valence-corrected chi connectivity index (χ4v) is 1.72. The molecule has 6 heteroatoms. The van der Waals surface area contributed by atoms with Crippen LogP contribution >= 0.6 is 0 Å². The maximum absolute atomic E-state index is 12.2. The van der Waals surface area contributed by atoms with E-state index in [0.29, 0.717) is 17.7 Å². The van der Waals surface area contributed by atoms with Gasteiger partial charge in [-0.05, 0) is 24.1 Å². The SMILES string of the molecule is CCCN(CCO)C(=O)c1cncc(C=CC(=O)O)c1. The van der Waals surface area contributed by atoms with Crippen LogP contribution in [-0.2, 0) is 4.79 Å². The van der Waals surface area contributed by atoms with Crippen LogP contribution in [0.3, 0.4) is 0 Å². The fourth-order valence-electron chi connectivity index (χ4n) is 1.72. The van der Waals surface area contributed by atoms with Crippen LogP contribution in [0.4, 0.5) is 0 Å². The molecule has 0 spiro atoms. The maximum atomic E-state index is 12.2. The molecule has 1 aromatic heterocycles. The number of carbonyl (C=O) groups is 2. The van der Waals surface area contributed by atoms with E-state index in [2.05, 4.69) is 4.98 Å². The van der Waals surface area contributed by atoms with E-state index in [1.165, 1.54) is 18.5 Å². The van der Waals surface area contributed by atoms with Gasteiger partial charge in [-0.1, -0.05) is 6.92 Å². The molecule has 0 bridgehead atoms. The first-order chi connectivity index (χ1) is 9.58. The van der Waals surface area contributed by atoms with Crippen molar-refractivity contribution in [2.24, 2.45) is 0 Å². The zero-order valence-corrected chi connectivity index (χ0v) is 11.3. The van der Waals surface area contributed by atoms with Gasteiger partial charge in [0.1, 0.15) is 0 Å². The molecule has 1 heterocycles. The lowest BCUT2D eigenvalue weighted by Crippen LogP contribution is -2.34. The lowest BCUT2D eigenvalue weighted by molar-refractivity contribution is -0.131. The normalized spacial score (nSPS) is 10.7. The number of nitrogens with zero attached hydrogens (tertiary/aromatic N) is 2. The molecule has 0 aliphatic rings. The van der Waals surface area contributed by atoms with Crippen LogP contribution < -0.4 is 0 Å². The number of aliphatic hydroxyl groups is 1. The van der Waals surface area contributed by atoms with Crippen molar-refractivity contribution in [3.05, 3.63) is 35.7 Å². The second-order valence-corrected chi connectivity index (χ2v) is 4.19. The van der Waals surface area contributed by atoms with Crippen molar-refractivity contribution in [2.75, 3.05) is 19.7 Å². The van der Waals surface area contributed by atoms with Gasteiger partial charge in [0.15, 0.2) is 0 Å². The third kappa shape index (κ3) is 4.81. The minimum absolute atomic E-state index is 0.0994. The Hall–Kier alpha value is -2.21. The second kappa shape index (κ2) is 8.06. The maximum Gasteiger partial charge on any atom is 0.328 e. The van der Waals surface area contributed by atoms with Crippen molar-refractivity contribution in [1.29, 1.82) is 0 Å². The summed E-state index contributed by atoms with van der Waals surface area (Å²) in [4.78, 5) is 28.2. The molecule has 6 nitrogen and oxygen atoms in total. The third-order valence-corrected chi connectivity index (χ3v) is 2.58. The van der Waals surface area contributed by atoms with Crippen molar-refractivity contribution >= 4 is 18.0 Å². The number of aliphatic hydroxyl groups excluding tert-OH is 1. The lowest BCUT2D eigenvalue weighted by atomic mass is 10.1. The van der Waals surface area contributed by atoms with Crippen molar-refractivity contribution in [3.8, 4) is 0 Å². The largest absolute Gasteiger partial charge is 0.478 e. The summed E-state index contributed by atoms with van der Waals surface area (Å²) in [5.74, 6) is -1.28. The summed E-state index contributed by atoms with van der Waals surface area (Å²) in [5, 5.41) is 17.5. The summed E-state index contributed by atoms with van der Waals surface area (Å²) in [6, 6.07) is 1.58. The molecule has 0 saturated carbocycles. The molecule has 0 radical (unpaired) electrons. The van der Waals surface area contributed by atoms with E-state index >= 15 is 0 Å². The molecular formula is C14H18N2O4. The number of carboxylic acids is 1. The molecule has 0 aliphatic carbocycles. The Kier molecular flexibility index (Phi) is 6.39. The summed E-state index contributed by atoms with van der Waals surface area (Å²) >= 11 is 0. The number of carbonyl (C=O) groups excluding carboxylic acids is 1. The molecular weight excluding hydrogens is 260 g/mol. The number of aliphatic carboxylic acids is 1. The van der Waals surface area contributed by atoms with Gasteiger partial charge in [-0.3, -0.25) is 9.78 Å². The minimum atomic E-state index is -1.06. The van der Waals surface area contributed by atoms with E-state index in [0.717, 1.165) is 12.5 Å². The number of hydrogen-bond donors (Lipinski definition) is 2. The highest BCUT2D eigenvalue weighted by Crippen LogP contribution is 2.09. The molecule has 0 atom stereocenters. The zero-order chi connectivity index (χ0) is 15.0. The van der Waals surface area contributed by atoms with Crippen molar-refractivity contribution in [1.82, 2.24) is 9.88 Å². The quantitative estimate of drug-likeness (QED) is 0.727. The Morgan fingerprint density at radius 3 is 2.70 bits per heavy atom. The first-order valence-corrected chi connectivity index (χ1v) is 6.34. The van der Waals surface area contributed by atoms with Crippen LogP contribution in [0, 0.1) is 0 Å². The second-order valence-electron chi connectivity index (χ2n) is 4.19. The van der Waals surface area contributed by atoms with Gasteiger partial charge >= 0.3 is 5.97 Å². The van der Waals surface area contributed by atoms with Crippen molar-refractivity contribution in [2.45, 2.75) is 13.3 Å². The van der Waals surface area contributed by atoms with E-state index in [1.54, 1.807) is 11.0 Å². The number of aromatic nitrogens is 1. The van der Waals surface area contributed by atoms with Gasteiger partial charge in [0.2, 0.25) is 0 Å². The van der Waals surface area contributed by atoms with Crippen LogP contribution in [0.2, 0.25) is 0 Å². The molecule has 0 aliphatic heterocycles. The molecule has 1 aromatic rings. The molecule has 0 aromatic carbocycles. The average molecular weight is 278 g/mol. The lowest BCUT2D eigenvalue weighted by Gasteiger charge is -2.20. The topological polar surface area (TPSA) is 90.7 Å². The van der Waals surface area contributed by atoms with E-state index in [1.807, 2.05) is 6.92 Å². The molecule has 2 N–H and O–H groups in total. The monoisotopic (exact) mass is 278 g/mol. The summed E-state index contributed by atoms with van der Waals surface area (Å²) in [6.45, 7) is 2.66. The Morgan fingerprint density at radius 1 is 1.35 bits per heavy atom. The first-order valence-electron chi connectivity index (χ1n) is 6.34. The van der Waals surface area contributed by atoms with Gasteiger partial charge in [-0.15, -0.1) is 0 Å². The molecule has 1 rings (SSSR count). The molecule has 1 amide bonds. The minimum Gasteiger partial charge on any atom is -0.478 e. The Morgan fingerprint density at radius 2 is 2.10 bits per heavy atom. The summed E-state index contributed by atoms with van der Waals surface area (Å²) in [6.07, 6.45) is 6.07. The Bertz CT molecular complexity index is 494. The molecule has 108 valence electrons. The number of pyridine rings is 1. The smallest absolute Gasteiger partial charge is 0.328 e. The summed E-state index contributed by atoms with van der Waals surface area (Å²) < 4.78 is 0. The number of hydrogen-bond acceptors (Lipinski definition) is 4. The van der Waals surface area contributed by atoms with Gasteiger partial charge in [0.25, 0.3) is 5.91 Å². The van der Waals surface area contributed by atoms with Gasteiger partial charge in [0, 0.05) is 31.6 Å². The molecule has 0 saturated heterocycles. The molecule has 0 fully saturated rings. The van der Waals surface area contributed by atoms with E-state index in [9.17, 15) is 9.59 Å². The van der Waals surface area contributed by atoms with Crippen LogP contribution in [0.5, 0.6) is 0 Å². The van der Waals surface area contributed by atoms with Gasteiger partial charge < -0.3 is 15.1 Å². The van der Waals surface area contributed by atoms with E-state index in [4.69, 9.17) is 10.2 Å². The number of carboxylic acid groups (broad SMARTS) is 1. The summed E-state index contributed by atoms with van der Waals surface area (Å²) in [5.41, 5.74) is 0.915. The van der Waals surface area contributed by atoms with E-state index in [-0.39, 0.29) is 19.1 Å². The van der Waals surface area contributed by atoms with Gasteiger partial charge in [-0.2, -0.15) is 0 Å². The summed E-state index contributed by atoms with van der Waals surface area (Å²) in [7, 11) is 0. The first kappa shape index (κ1) is 15.8. The highest BCUT2D eigenvalue weighted by atomic mass is 16.4. The molecule has 0 unspecified atom stereocenters.